The molecule has 1 heterocycles. The van der Waals surface area contributed by atoms with Gasteiger partial charge in [0.1, 0.15) is 10.4 Å². The third-order valence-electron chi connectivity index (χ3n) is 0.847. The Bertz CT molecular complexity index is 175. The summed E-state index contributed by atoms with van der Waals surface area (Å²) in [5.41, 5.74) is 0. The molecule has 0 fully saturated rings. The minimum Gasteiger partial charge on any atom is -0.445 e. The van der Waals surface area contributed by atoms with Crippen molar-refractivity contribution in [1.82, 2.24) is 4.98 Å². The van der Waals surface area contributed by atoms with Gasteiger partial charge in [0.15, 0.2) is 5.89 Å². The number of nitrogens with zero attached hydrogens (tertiary/aromatic N) is 1. The monoisotopic (exact) mass is 175 g/mol. The van der Waals surface area contributed by atoms with Gasteiger partial charge >= 0.3 is 0 Å². The molecule has 0 saturated carbocycles. The van der Waals surface area contributed by atoms with Crippen LogP contribution in [0, 0.1) is 13.8 Å². The second kappa shape index (κ2) is 1.90. The number of oxazole rings is 1. The molecule has 0 atom stereocenters. The molecule has 0 radical (unpaired) electrons. The lowest BCUT2D eigenvalue weighted by atomic mass is 10.6. The van der Waals surface area contributed by atoms with Gasteiger partial charge in [0.05, 0.1) is 0 Å². The maximum absolute atomic E-state index is 5.06. The minimum absolute atomic E-state index is 0.703. The molecule has 0 unspecified atom stereocenters. The van der Waals surface area contributed by atoms with Crippen LogP contribution in [0.3, 0.4) is 0 Å². The number of rotatable bonds is 0. The van der Waals surface area contributed by atoms with Gasteiger partial charge in [0, 0.05) is 6.92 Å². The lowest BCUT2D eigenvalue weighted by molar-refractivity contribution is 0.493. The molecule has 1 aromatic rings. The second-order valence-electron chi connectivity index (χ2n) is 1.58. The number of aryl methyl sites for hydroxylation is 2. The smallest absolute Gasteiger partial charge is 0.192 e. The van der Waals surface area contributed by atoms with E-state index in [1.807, 2.05) is 13.8 Å². The highest BCUT2D eigenvalue weighted by Gasteiger charge is 1.99. The zero-order valence-corrected chi connectivity index (χ0v) is 6.32. The van der Waals surface area contributed by atoms with E-state index in [0.29, 0.717) is 5.89 Å². The van der Waals surface area contributed by atoms with Crippen LogP contribution < -0.4 is 0 Å². The van der Waals surface area contributed by atoms with Crippen LogP contribution in [-0.2, 0) is 0 Å². The summed E-state index contributed by atoms with van der Waals surface area (Å²) in [6.45, 7) is 3.68. The predicted molar refractivity (Wildman–Crippen MR) is 33.7 cm³/mol. The number of aromatic nitrogens is 1. The van der Waals surface area contributed by atoms with E-state index < -0.39 is 0 Å². The number of halogens is 1. The molecule has 2 nitrogen and oxygen atoms in total. The van der Waals surface area contributed by atoms with Gasteiger partial charge in [-0.05, 0) is 22.9 Å². The first kappa shape index (κ1) is 5.82. The molecule has 0 amide bonds. The van der Waals surface area contributed by atoms with Crippen LogP contribution in [0.5, 0.6) is 0 Å². The molecule has 1 rings (SSSR count). The van der Waals surface area contributed by atoms with Gasteiger partial charge in [-0.1, -0.05) is 0 Å². The quantitative estimate of drug-likeness (QED) is 0.604. The zero-order chi connectivity index (χ0) is 6.15. The lowest BCUT2D eigenvalue weighted by Crippen LogP contribution is -1.64. The summed E-state index contributed by atoms with van der Waals surface area (Å²) in [4.78, 5) is 3.96. The summed E-state index contributed by atoms with van der Waals surface area (Å²) in [5, 5.41) is 0. The SMILES string of the molecule is Cc1nc(Br)c(C)o1. The van der Waals surface area contributed by atoms with Gasteiger partial charge in [-0.2, -0.15) is 0 Å². The molecule has 0 aliphatic heterocycles. The van der Waals surface area contributed by atoms with Crippen molar-refractivity contribution in [2.45, 2.75) is 13.8 Å². The molecule has 0 aliphatic rings. The van der Waals surface area contributed by atoms with E-state index in [-0.39, 0.29) is 0 Å². The molecule has 0 spiro atoms. The van der Waals surface area contributed by atoms with E-state index in [0.717, 1.165) is 10.4 Å². The Morgan fingerprint density at radius 3 is 2.25 bits per heavy atom. The van der Waals surface area contributed by atoms with Gasteiger partial charge in [-0.3, -0.25) is 0 Å². The van der Waals surface area contributed by atoms with E-state index in [2.05, 4.69) is 20.9 Å². The maximum atomic E-state index is 5.06. The van der Waals surface area contributed by atoms with Crippen molar-refractivity contribution in [2.24, 2.45) is 0 Å². The largest absolute Gasteiger partial charge is 0.445 e. The highest BCUT2D eigenvalue weighted by atomic mass is 79.9. The van der Waals surface area contributed by atoms with Crippen molar-refractivity contribution in [3.05, 3.63) is 16.3 Å². The second-order valence-corrected chi connectivity index (χ2v) is 2.33. The molecule has 3 heteroatoms. The summed E-state index contributed by atoms with van der Waals surface area (Å²) in [6.07, 6.45) is 0. The first-order chi connectivity index (χ1) is 3.70. The van der Waals surface area contributed by atoms with Crippen molar-refractivity contribution < 1.29 is 4.42 Å². The van der Waals surface area contributed by atoms with Crippen molar-refractivity contribution in [3.63, 3.8) is 0 Å². The minimum atomic E-state index is 0.703. The molecule has 0 aliphatic carbocycles. The summed E-state index contributed by atoms with van der Waals surface area (Å²) < 4.78 is 5.86. The first-order valence-corrected chi connectivity index (χ1v) is 3.09. The van der Waals surface area contributed by atoms with Crippen LogP contribution in [0.4, 0.5) is 0 Å². The molecular weight excluding hydrogens is 170 g/mol. The molecule has 1 aromatic heterocycles. The van der Waals surface area contributed by atoms with E-state index in [1.165, 1.54) is 0 Å². The van der Waals surface area contributed by atoms with Gasteiger partial charge in [0.2, 0.25) is 0 Å². The number of hydrogen-bond acceptors (Lipinski definition) is 2. The average Bonchev–Trinajstić information content (AvgIpc) is 1.85. The fourth-order valence-electron chi connectivity index (χ4n) is 0.503. The molecular formula is C5H6BrNO. The Morgan fingerprint density at radius 2 is 2.12 bits per heavy atom. The summed E-state index contributed by atoms with van der Waals surface area (Å²) >= 11 is 3.21. The average molecular weight is 176 g/mol. The first-order valence-electron chi connectivity index (χ1n) is 2.29. The van der Waals surface area contributed by atoms with Gasteiger partial charge in [0.25, 0.3) is 0 Å². The van der Waals surface area contributed by atoms with Gasteiger partial charge in [-0.25, -0.2) is 4.98 Å². The third-order valence-corrected chi connectivity index (χ3v) is 1.58. The van der Waals surface area contributed by atoms with Crippen LogP contribution in [0.15, 0.2) is 9.02 Å². The van der Waals surface area contributed by atoms with Crippen molar-refractivity contribution in [1.29, 1.82) is 0 Å². The van der Waals surface area contributed by atoms with E-state index in [1.54, 1.807) is 0 Å². The van der Waals surface area contributed by atoms with E-state index >= 15 is 0 Å². The lowest BCUT2D eigenvalue weighted by Gasteiger charge is -1.75. The molecule has 0 N–H and O–H groups in total. The fourth-order valence-corrected chi connectivity index (χ4v) is 0.834. The molecule has 0 saturated heterocycles. The maximum Gasteiger partial charge on any atom is 0.192 e. The topological polar surface area (TPSA) is 26.0 Å². The molecule has 0 bridgehead atoms. The Balaban J connectivity index is 3.14. The van der Waals surface area contributed by atoms with Crippen LogP contribution >= 0.6 is 15.9 Å². The summed E-state index contributed by atoms with van der Waals surface area (Å²) in [7, 11) is 0. The van der Waals surface area contributed by atoms with Crippen LogP contribution in [0.1, 0.15) is 11.7 Å². The summed E-state index contributed by atoms with van der Waals surface area (Å²) in [6, 6.07) is 0. The Labute approximate surface area is 56.0 Å². The van der Waals surface area contributed by atoms with Crippen molar-refractivity contribution in [2.75, 3.05) is 0 Å². The Morgan fingerprint density at radius 1 is 1.50 bits per heavy atom. The predicted octanol–water partition coefficient (Wildman–Crippen LogP) is 2.05. The van der Waals surface area contributed by atoms with Crippen LogP contribution in [0.25, 0.3) is 0 Å². The highest BCUT2D eigenvalue weighted by Crippen LogP contribution is 2.14. The fraction of sp³-hybridized carbons (Fsp3) is 0.400. The molecule has 8 heavy (non-hydrogen) atoms. The van der Waals surface area contributed by atoms with Gasteiger partial charge < -0.3 is 4.42 Å². The molecule has 0 aromatic carbocycles. The van der Waals surface area contributed by atoms with Gasteiger partial charge in [-0.15, -0.1) is 0 Å². The Kier molecular flexibility index (Phi) is 1.38. The standard InChI is InChI=1S/C5H6BrNO/c1-3-5(6)7-4(2)8-3/h1-2H3. The third kappa shape index (κ3) is 0.916. The van der Waals surface area contributed by atoms with Crippen molar-refractivity contribution in [3.8, 4) is 0 Å². The Hall–Kier alpha value is -0.310. The van der Waals surface area contributed by atoms with Crippen LogP contribution in [-0.4, -0.2) is 4.98 Å². The van der Waals surface area contributed by atoms with Crippen molar-refractivity contribution >= 4 is 15.9 Å². The molecule has 44 valence electrons. The van der Waals surface area contributed by atoms with E-state index in [9.17, 15) is 0 Å². The number of hydrogen-bond donors (Lipinski definition) is 0. The van der Waals surface area contributed by atoms with Crippen LogP contribution in [0.2, 0.25) is 0 Å². The zero-order valence-electron chi connectivity index (χ0n) is 4.73. The normalized spacial score (nSPS) is 9.88. The highest BCUT2D eigenvalue weighted by molar-refractivity contribution is 9.10. The van der Waals surface area contributed by atoms with E-state index in [4.69, 9.17) is 4.42 Å². The summed E-state index contributed by atoms with van der Waals surface area (Å²) in [5.74, 6) is 1.54.